The molecule has 2 aromatic heterocycles. The van der Waals surface area contributed by atoms with Crippen LogP contribution in [0.25, 0.3) is 0 Å². The highest BCUT2D eigenvalue weighted by atomic mass is 15.1. The van der Waals surface area contributed by atoms with Crippen LogP contribution in [-0.2, 0) is 12.8 Å². The van der Waals surface area contributed by atoms with Crippen molar-refractivity contribution in [3.8, 4) is 0 Å². The number of anilines is 2. The number of aromatic nitrogens is 3. The first-order chi connectivity index (χ1) is 10.8. The normalized spacial score (nSPS) is 14.0. The average molecular weight is 298 g/mol. The first-order valence-electron chi connectivity index (χ1n) is 7.77. The van der Waals surface area contributed by atoms with Gasteiger partial charge in [0.15, 0.2) is 0 Å². The molecule has 0 fully saturated rings. The molecule has 0 aromatic carbocycles. The summed E-state index contributed by atoms with van der Waals surface area (Å²) < 4.78 is 0. The molecule has 3 N–H and O–H groups in total. The first kappa shape index (κ1) is 14.7. The molecular formula is C16H22N6. The maximum absolute atomic E-state index is 4.41. The van der Waals surface area contributed by atoms with Gasteiger partial charge in [0.2, 0.25) is 0 Å². The molecule has 0 aliphatic carbocycles. The van der Waals surface area contributed by atoms with Gasteiger partial charge in [-0.1, -0.05) is 0 Å². The second-order valence-electron chi connectivity index (χ2n) is 5.47. The zero-order chi connectivity index (χ0) is 15.2. The quantitative estimate of drug-likeness (QED) is 0.724. The number of aryl methyl sites for hydroxylation is 1. The lowest BCUT2D eigenvalue weighted by Gasteiger charge is -2.12. The summed E-state index contributed by atoms with van der Waals surface area (Å²) in [6.45, 7) is 5.64. The lowest BCUT2D eigenvalue weighted by molar-refractivity contribution is 0.708. The van der Waals surface area contributed by atoms with E-state index in [0.717, 1.165) is 56.4 Å². The van der Waals surface area contributed by atoms with Gasteiger partial charge >= 0.3 is 0 Å². The SMILES string of the molecule is Cc1ccnc(NCCNc2ncnc3c2CCNCC3)c1. The van der Waals surface area contributed by atoms with E-state index in [0.29, 0.717) is 0 Å². The zero-order valence-electron chi connectivity index (χ0n) is 12.9. The van der Waals surface area contributed by atoms with E-state index >= 15 is 0 Å². The van der Waals surface area contributed by atoms with Crippen LogP contribution in [0.4, 0.5) is 11.6 Å². The van der Waals surface area contributed by atoms with Crippen LogP contribution in [0.1, 0.15) is 16.8 Å². The number of hydrogen-bond donors (Lipinski definition) is 3. The van der Waals surface area contributed by atoms with E-state index in [4.69, 9.17) is 0 Å². The smallest absolute Gasteiger partial charge is 0.132 e. The van der Waals surface area contributed by atoms with E-state index in [-0.39, 0.29) is 0 Å². The highest BCUT2D eigenvalue weighted by molar-refractivity contribution is 5.47. The van der Waals surface area contributed by atoms with Crippen molar-refractivity contribution in [2.75, 3.05) is 36.8 Å². The van der Waals surface area contributed by atoms with Crippen molar-refractivity contribution in [3.63, 3.8) is 0 Å². The average Bonchev–Trinajstić information content (AvgIpc) is 2.77. The van der Waals surface area contributed by atoms with Crippen molar-refractivity contribution in [2.45, 2.75) is 19.8 Å². The Morgan fingerprint density at radius 3 is 2.86 bits per heavy atom. The highest BCUT2D eigenvalue weighted by Crippen LogP contribution is 2.17. The molecular weight excluding hydrogens is 276 g/mol. The van der Waals surface area contributed by atoms with Crippen molar-refractivity contribution in [1.82, 2.24) is 20.3 Å². The zero-order valence-corrected chi connectivity index (χ0v) is 12.9. The Balaban J connectivity index is 1.56. The van der Waals surface area contributed by atoms with Crippen LogP contribution < -0.4 is 16.0 Å². The Morgan fingerprint density at radius 2 is 1.95 bits per heavy atom. The third-order valence-corrected chi connectivity index (χ3v) is 3.76. The van der Waals surface area contributed by atoms with Crippen LogP contribution in [-0.4, -0.2) is 41.1 Å². The third-order valence-electron chi connectivity index (χ3n) is 3.76. The fourth-order valence-corrected chi connectivity index (χ4v) is 2.63. The molecule has 116 valence electrons. The van der Waals surface area contributed by atoms with Crippen molar-refractivity contribution in [2.24, 2.45) is 0 Å². The molecule has 0 saturated carbocycles. The Kier molecular flexibility index (Phi) is 4.80. The molecule has 1 aliphatic rings. The Labute approximate surface area is 130 Å². The number of rotatable bonds is 5. The van der Waals surface area contributed by atoms with Crippen LogP contribution in [0, 0.1) is 6.92 Å². The summed E-state index contributed by atoms with van der Waals surface area (Å²) in [5, 5.41) is 10.1. The van der Waals surface area contributed by atoms with Gasteiger partial charge in [0, 0.05) is 37.8 Å². The van der Waals surface area contributed by atoms with Crippen LogP contribution in [0.5, 0.6) is 0 Å². The molecule has 1 aliphatic heterocycles. The fourth-order valence-electron chi connectivity index (χ4n) is 2.63. The molecule has 3 rings (SSSR count). The number of pyridine rings is 1. The maximum Gasteiger partial charge on any atom is 0.132 e. The van der Waals surface area contributed by atoms with E-state index in [2.05, 4.69) is 37.8 Å². The van der Waals surface area contributed by atoms with Gasteiger partial charge in [0.25, 0.3) is 0 Å². The van der Waals surface area contributed by atoms with Crippen LogP contribution in [0.15, 0.2) is 24.7 Å². The Bertz CT molecular complexity index is 628. The van der Waals surface area contributed by atoms with E-state index in [1.807, 2.05) is 18.3 Å². The molecule has 2 aromatic rings. The van der Waals surface area contributed by atoms with E-state index in [1.165, 1.54) is 11.1 Å². The number of hydrogen-bond acceptors (Lipinski definition) is 6. The molecule has 0 unspecified atom stereocenters. The molecule has 6 heteroatoms. The van der Waals surface area contributed by atoms with Crippen molar-refractivity contribution in [3.05, 3.63) is 41.5 Å². The molecule has 0 amide bonds. The molecule has 3 heterocycles. The number of nitrogens with one attached hydrogen (secondary N) is 3. The van der Waals surface area contributed by atoms with Crippen LogP contribution in [0.2, 0.25) is 0 Å². The molecule has 6 nitrogen and oxygen atoms in total. The minimum Gasteiger partial charge on any atom is -0.368 e. The largest absolute Gasteiger partial charge is 0.368 e. The van der Waals surface area contributed by atoms with Crippen molar-refractivity contribution >= 4 is 11.6 Å². The number of fused-ring (bicyclic) bond motifs is 1. The topological polar surface area (TPSA) is 74.8 Å². The van der Waals surface area contributed by atoms with Gasteiger partial charge in [-0.15, -0.1) is 0 Å². The van der Waals surface area contributed by atoms with Gasteiger partial charge in [-0.25, -0.2) is 15.0 Å². The van der Waals surface area contributed by atoms with E-state index in [1.54, 1.807) is 6.33 Å². The molecule has 0 atom stereocenters. The monoisotopic (exact) mass is 298 g/mol. The maximum atomic E-state index is 4.41. The predicted molar refractivity (Wildman–Crippen MR) is 88.3 cm³/mol. The summed E-state index contributed by atoms with van der Waals surface area (Å²) in [4.78, 5) is 13.1. The Morgan fingerprint density at radius 1 is 1.09 bits per heavy atom. The third kappa shape index (κ3) is 3.71. The van der Waals surface area contributed by atoms with E-state index < -0.39 is 0 Å². The van der Waals surface area contributed by atoms with Crippen molar-refractivity contribution in [1.29, 1.82) is 0 Å². The summed E-state index contributed by atoms with van der Waals surface area (Å²) in [5.41, 5.74) is 3.62. The minimum absolute atomic E-state index is 0.798. The molecule has 0 bridgehead atoms. The van der Waals surface area contributed by atoms with Gasteiger partial charge < -0.3 is 16.0 Å². The lowest BCUT2D eigenvalue weighted by Crippen LogP contribution is -2.17. The van der Waals surface area contributed by atoms with Gasteiger partial charge in [-0.05, 0) is 37.6 Å². The summed E-state index contributed by atoms with van der Waals surface area (Å²) in [5.74, 6) is 1.88. The van der Waals surface area contributed by atoms with Crippen LogP contribution in [0.3, 0.4) is 0 Å². The molecule has 0 radical (unpaired) electrons. The van der Waals surface area contributed by atoms with Gasteiger partial charge in [-0.2, -0.15) is 0 Å². The van der Waals surface area contributed by atoms with E-state index in [9.17, 15) is 0 Å². The molecule has 22 heavy (non-hydrogen) atoms. The summed E-state index contributed by atoms with van der Waals surface area (Å²) in [7, 11) is 0. The van der Waals surface area contributed by atoms with Gasteiger partial charge in [-0.3, -0.25) is 0 Å². The molecule has 0 saturated heterocycles. The van der Waals surface area contributed by atoms with Crippen LogP contribution >= 0.6 is 0 Å². The minimum atomic E-state index is 0.798. The van der Waals surface area contributed by atoms with Gasteiger partial charge in [0.1, 0.15) is 18.0 Å². The first-order valence-corrected chi connectivity index (χ1v) is 7.77. The predicted octanol–water partition coefficient (Wildman–Crippen LogP) is 1.39. The summed E-state index contributed by atoms with van der Waals surface area (Å²) in [6.07, 6.45) is 5.42. The summed E-state index contributed by atoms with van der Waals surface area (Å²) in [6, 6.07) is 4.04. The van der Waals surface area contributed by atoms with Crippen molar-refractivity contribution < 1.29 is 0 Å². The second kappa shape index (κ2) is 7.17. The standard InChI is InChI=1S/C16H22N6/c1-12-2-7-18-15(10-12)19-8-9-20-16-13-3-5-17-6-4-14(13)21-11-22-16/h2,7,10-11,17H,3-6,8-9H2,1H3,(H,18,19)(H,20,21,22). The summed E-state index contributed by atoms with van der Waals surface area (Å²) >= 11 is 0. The fraction of sp³-hybridized carbons (Fsp3) is 0.438. The second-order valence-corrected chi connectivity index (χ2v) is 5.47. The number of nitrogens with zero attached hydrogens (tertiary/aromatic N) is 3. The lowest BCUT2D eigenvalue weighted by atomic mass is 10.1. The highest BCUT2D eigenvalue weighted by Gasteiger charge is 2.13. The Hall–Kier alpha value is -2.21. The molecule has 0 spiro atoms. The van der Waals surface area contributed by atoms with Gasteiger partial charge in [0.05, 0.1) is 5.69 Å².